The van der Waals surface area contributed by atoms with Crippen LogP contribution in [0.1, 0.15) is 5.56 Å². The predicted molar refractivity (Wildman–Crippen MR) is 71.6 cm³/mol. The van der Waals surface area contributed by atoms with E-state index in [-0.39, 0.29) is 17.9 Å². The molecule has 0 spiro atoms. The lowest BCUT2D eigenvalue weighted by molar-refractivity contribution is -0.118. The van der Waals surface area contributed by atoms with Crippen LogP contribution in [0.3, 0.4) is 0 Å². The molecule has 0 aliphatic heterocycles. The Morgan fingerprint density at radius 3 is 2.71 bits per heavy atom. The van der Waals surface area contributed by atoms with Gasteiger partial charge in [-0.25, -0.2) is 8.78 Å². The highest BCUT2D eigenvalue weighted by Crippen LogP contribution is 2.16. The molecule has 6 heteroatoms. The van der Waals surface area contributed by atoms with Crippen molar-refractivity contribution in [2.24, 2.45) is 0 Å². The van der Waals surface area contributed by atoms with Gasteiger partial charge in [0, 0.05) is 11.8 Å². The number of carbonyl (C=O) groups is 1. The van der Waals surface area contributed by atoms with Gasteiger partial charge in [-0.1, -0.05) is 6.07 Å². The topological polar surface area (TPSA) is 62.1 Å². The summed E-state index contributed by atoms with van der Waals surface area (Å²) in [6.07, 6.45) is 0. The Bertz CT molecular complexity index is 711. The molecule has 0 atom stereocenters. The molecule has 0 aromatic heterocycles. The SMILES string of the molecule is N#Cc1ccc(OCC(=O)Nc2cccc(F)c2)cc1F. The van der Waals surface area contributed by atoms with Gasteiger partial charge in [0.25, 0.3) is 5.91 Å². The molecular formula is C15H10F2N2O2. The average Bonchev–Trinajstić information content (AvgIpc) is 2.45. The van der Waals surface area contributed by atoms with Crippen molar-refractivity contribution in [1.29, 1.82) is 5.26 Å². The van der Waals surface area contributed by atoms with E-state index < -0.39 is 17.5 Å². The summed E-state index contributed by atoms with van der Waals surface area (Å²) in [5.74, 6) is -1.57. The number of ether oxygens (including phenoxy) is 1. The van der Waals surface area contributed by atoms with Crippen LogP contribution in [0.2, 0.25) is 0 Å². The maximum atomic E-state index is 13.3. The summed E-state index contributed by atoms with van der Waals surface area (Å²) >= 11 is 0. The Labute approximate surface area is 119 Å². The largest absolute Gasteiger partial charge is 0.484 e. The van der Waals surface area contributed by atoms with E-state index in [1.165, 1.54) is 36.4 Å². The molecule has 1 N–H and O–H groups in total. The monoisotopic (exact) mass is 288 g/mol. The molecule has 0 heterocycles. The van der Waals surface area contributed by atoms with Crippen LogP contribution >= 0.6 is 0 Å². The number of benzene rings is 2. The summed E-state index contributed by atoms with van der Waals surface area (Å²) in [5.41, 5.74) is 0.196. The van der Waals surface area contributed by atoms with Gasteiger partial charge in [0.2, 0.25) is 0 Å². The van der Waals surface area contributed by atoms with Gasteiger partial charge >= 0.3 is 0 Å². The van der Waals surface area contributed by atoms with Crippen LogP contribution < -0.4 is 10.1 Å². The summed E-state index contributed by atoms with van der Waals surface area (Å²) in [7, 11) is 0. The van der Waals surface area contributed by atoms with Gasteiger partial charge in [0.1, 0.15) is 23.5 Å². The van der Waals surface area contributed by atoms with Gasteiger partial charge in [-0.3, -0.25) is 4.79 Å². The molecule has 4 nitrogen and oxygen atoms in total. The summed E-state index contributed by atoms with van der Waals surface area (Å²) in [6, 6.07) is 10.8. The molecular weight excluding hydrogens is 278 g/mol. The normalized spacial score (nSPS) is 9.76. The first kappa shape index (κ1) is 14.5. The van der Waals surface area contributed by atoms with Crippen molar-refractivity contribution in [3.05, 3.63) is 59.7 Å². The lowest BCUT2D eigenvalue weighted by atomic mass is 10.2. The highest BCUT2D eigenvalue weighted by atomic mass is 19.1. The number of anilines is 1. The van der Waals surface area contributed by atoms with Crippen molar-refractivity contribution in [2.75, 3.05) is 11.9 Å². The lowest BCUT2D eigenvalue weighted by Crippen LogP contribution is -2.20. The number of carbonyl (C=O) groups excluding carboxylic acids is 1. The van der Waals surface area contributed by atoms with Crippen LogP contribution in [0.4, 0.5) is 14.5 Å². The van der Waals surface area contributed by atoms with Crippen molar-refractivity contribution in [3.63, 3.8) is 0 Å². The highest BCUT2D eigenvalue weighted by molar-refractivity contribution is 5.91. The minimum absolute atomic E-state index is 0.105. The zero-order valence-electron chi connectivity index (χ0n) is 10.8. The molecule has 106 valence electrons. The van der Waals surface area contributed by atoms with Crippen molar-refractivity contribution in [1.82, 2.24) is 0 Å². The quantitative estimate of drug-likeness (QED) is 0.941. The van der Waals surface area contributed by atoms with Crippen LogP contribution in [0.15, 0.2) is 42.5 Å². The van der Waals surface area contributed by atoms with E-state index in [4.69, 9.17) is 10.00 Å². The van der Waals surface area contributed by atoms with Gasteiger partial charge in [-0.15, -0.1) is 0 Å². The first-order chi connectivity index (χ1) is 10.1. The van der Waals surface area contributed by atoms with E-state index in [9.17, 15) is 13.6 Å². The third kappa shape index (κ3) is 4.01. The van der Waals surface area contributed by atoms with Gasteiger partial charge in [-0.05, 0) is 30.3 Å². The Hall–Kier alpha value is -2.94. The van der Waals surface area contributed by atoms with E-state index in [2.05, 4.69) is 5.32 Å². The number of nitrogens with one attached hydrogen (secondary N) is 1. The molecule has 21 heavy (non-hydrogen) atoms. The van der Waals surface area contributed by atoms with Crippen molar-refractivity contribution in [2.45, 2.75) is 0 Å². The summed E-state index contributed by atoms with van der Waals surface area (Å²) in [4.78, 5) is 11.6. The number of rotatable bonds is 4. The molecule has 0 bridgehead atoms. The molecule has 0 fully saturated rings. The van der Waals surface area contributed by atoms with E-state index >= 15 is 0 Å². The number of amides is 1. The Morgan fingerprint density at radius 2 is 2.05 bits per heavy atom. The van der Waals surface area contributed by atoms with Gasteiger partial charge in [0.15, 0.2) is 6.61 Å². The molecule has 2 aromatic rings. The molecule has 0 unspecified atom stereocenters. The zero-order valence-corrected chi connectivity index (χ0v) is 10.8. The number of halogens is 2. The van der Waals surface area contributed by atoms with Crippen molar-refractivity contribution >= 4 is 11.6 Å². The Morgan fingerprint density at radius 1 is 1.24 bits per heavy atom. The second-order valence-corrected chi connectivity index (χ2v) is 4.10. The fourth-order valence-electron chi connectivity index (χ4n) is 1.59. The molecule has 2 aromatic carbocycles. The second kappa shape index (κ2) is 6.48. The molecule has 0 aliphatic rings. The predicted octanol–water partition coefficient (Wildman–Crippen LogP) is 2.85. The maximum Gasteiger partial charge on any atom is 0.262 e. The molecule has 0 aliphatic carbocycles. The summed E-state index contributed by atoms with van der Waals surface area (Å²) in [6.45, 7) is -0.359. The van der Waals surface area contributed by atoms with E-state index in [1.54, 1.807) is 6.07 Å². The van der Waals surface area contributed by atoms with Crippen molar-refractivity contribution < 1.29 is 18.3 Å². The number of nitrogens with zero attached hydrogens (tertiary/aromatic N) is 1. The number of nitriles is 1. The molecule has 0 saturated heterocycles. The van der Waals surface area contributed by atoms with Gasteiger partial charge < -0.3 is 10.1 Å². The van der Waals surface area contributed by atoms with Crippen LogP contribution in [0, 0.1) is 23.0 Å². The number of hydrogen-bond acceptors (Lipinski definition) is 3. The van der Waals surface area contributed by atoms with Crippen LogP contribution in [0.25, 0.3) is 0 Å². The van der Waals surface area contributed by atoms with Crippen LogP contribution in [-0.2, 0) is 4.79 Å². The summed E-state index contributed by atoms with van der Waals surface area (Å²) < 4.78 is 31.4. The molecule has 1 amide bonds. The van der Waals surface area contributed by atoms with Crippen LogP contribution in [-0.4, -0.2) is 12.5 Å². The molecule has 2 rings (SSSR count). The fourth-order valence-corrected chi connectivity index (χ4v) is 1.59. The van der Waals surface area contributed by atoms with Crippen LogP contribution in [0.5, 0.6) is 5.75 Å². The Kier molecular flexibility index (Phi) is 4.46. The molecule has 0 saturated carbocycles. The van der Waals surface area contributed by atoms with Gasteiger partial charge in [0.05, 0.1) is 5.56 Å². The fraction of sp³-hybridized carbons (Fsp3) is 0.0667. The van der Waals surface area contributed by atoms with Gasteiger partial charge in [-0.2, -0.15) is 5.26 Å². The average molecular weight is 288 g/mol. The molecule has 0 radical (unpaired) electrons. The first-order valence-electron chi connectivity index (χ1n) is 5.96. The highest BCUT2D eigenvalue weighted by Gasteiger charge is 2.07. The van der Waals surface area contributed by atoms with E-state index in [1.807, 2.05) is 0 Å². The maximum absolute atomic E-state index is 13.3. The second-order valence-electron chi connectivity index (χ2n) is 4.10. The minimum atomic E-state index is -0.722. The smallest absolute Gasteiger partial charge is 0.262 e. The third-order valence-corrected chi connectivity index (χ3v) is 2.54. The minimum Gasteiger partial charge on any atom is -0.484 e. The summed E-state index contributed by atoms with van der Waals surface area (Å²) in [5, 5.41) is 11.0. The zero-order chi connectivity index (χ0) is 15.2. The lowest BCUT2D eigenvalue weighted by Gasteiger charge is -2.08. The third-order valence-electron chi connectivity index (χ3n) is 2.54. The van der Waals surface area contributed by atoms with E-state index in [0.29, 0.717) is 5.69 Å². The Balaban J connectivity index is 1.92. The first-order valence-corrected chi connectivity index (χ1v) is 5.96. The van der Waals surface area contributed by atoms with Crippen molar-refractivity contribution in [3.8, 4) is 11.8 Å². The van der Waals surface area contributed by atoms with E-state index in [0.717, 1.165) is 6.07 Å². The standard InChI is InChI=1S/C15H10F2N2O2/c16-11-2-1-3-12(6-11)19-15(20)9-21-13-5-4-10(8-18)14(17)7-13/h1-7H,9H2,(H,19,20). The number of hydrogen-bond donors (Lipinski definition) is 1.